The summed E-state index contributed by atoms with van der Waals surface area (Å²) in [6.07, 6.45) is 0. The summed E-state index contributed by atoms with van der Waals surface area (Å²) in [4.78, 5) is 30.7. The Balaban J connectivity index is 1.40. The number of anilines is 1. The van der Waals surface area contributed by atoms with Crippen LogP contribution in [0.5, 0.6) is 5.75 Å². The van der Waals surface area contributed by atoms with Crippen LogP contribution in [-0.4, -0.2) is 62.0 Å². The summed E-state index contributed by atoms with van der Waals surface area (Å²) in [7, 11) is 3.61. The fourth-order valence-electron chi connectivity index (χ4n) is 3.93. The number of hydrogen-bond donors (Lipinski definition) is 1. The number of rotatable bonds is 4. The van der Waals surface area contributed by atoms with Crippen molar-refractivity contribution >= 4 is 59.7 Å². The maximum Gasteiger partial charge on any atom is 0.265 e. The van der Waals surface area contributed by atoms with Crippen LogP contribution in [0.4, 0.5) is 5.69 Å². The first-order valence-electron chi connectivity index (χ1n) is 10.4. The molecule has 3 heterocycles. The number of amides is 2. The maximum atomic E-state index is 13.1. The van der Waals surface area contributed by atoms with E-state index in [2.05, 4.69) is 29.4 Å². The minimum atomic E-state index is -0.204. The summed E-state index contributed by atoms with van der Waals surface area (Å²) >= 11 is 3.17. The van der Waals surface area contributed by atoms with Crippen molar-refractivity contribution in [2.24, 2.45) is 0 Å². The molecule has 8 heteroatoms. The average Bonchev–Trinajstić information content (AvgIpc) is 3.37. The second-order valence-corrected chi connectivity index (χ2v) is 10.0. The lowest BCUT2D eigenvalue weighted by atomic mass is 10.1. The second kappa shape index (κ2) is 8.54. The summed E-state index contributed by atoms with van der Waals surface area (Å²) in [5.74, 6) is 0.293. The number of hydrogen-bond acceptors (Lipinski definition) is 6. The van der Waals surface area contributed by atoms with Crippen LogP contribution in [0.2, 0.25) is 0 Å². The lowest BCUT2D eigenvalue weighted by Gasteiger charge is -2.32. The Morgan fingerprint density at radius 3 is 2.53 bits per heavy atom. The van der Waals surface area contributed by atoms with Gasteiger partial charge >= 0.3 is 0 Å². The predicted octanol–water partition coefficient (Wildman–Crippen LogP) is 4.76. The number of likely N-dealkylation sites (N-methyl/N-ethyl adjacent to an activating group) is 1. The van der Waals surface area contributed by atoms with Gasteiger partial charge in [-0.05, 0) is 37.4 Å². The van der Waals surface area contributed by atoms with Crippen LogP contribution < -0.4 is 10.1 Å². The molecule has 0 bridgehead atoms. The van der Waals surface area contributed by atoms with Crippen LogP contribution in [0.15, 0.2) is 48.5 Å². The monoisotopic (exact) mass is 465 g/mol. The van der Waals surface area contributed by atoms with Crippen LogP contribution in [0.3, 0.4) is 0 Å². The normalized spacial score (nSPS) is 14.8. The zero-order valence-corrected chi connectivity index (χ0v) is 19.5. The Morgan fingerprint density at radius 1 is 0.969 bits per heavy atom. The quantitative estimate of drug-likeness (QED) is 0.472. The first-order valence-corrected chi connectivity index (χ1v) is 12.0. The van der Waals surface area contributed by atoms with Crippen molar-refractivity contribution in [3.8, 4) is 5.75 Å². The molecule has 1 fully saturated rings. The topological polar surface area (TPSA) is 61.9 Å². The first kappa shape index (κ1) is 20.9. The fourth-order valence-corrected chi connectivity index (χ4v) is 6.35. The molecule has 32 heavy (non-hydrogen) atoms. The molecule has 164 valence electrons. The van der Waals surface area contributed by atoms with E-state index in [1.54, 1.807) is 36.6 Å². The summed E-state index contributed by atoms with van der Waals surface area (Å²) in [6, 6.07) is 15.4. The molecule has 6 nitrogen and oxygen atoms in total. The van der Waals surface area contributed by atoms with Gasteiger partial charge in [0.1, 0.15) is 5.75 Å². The molecule has 0 radical (unpaired) electrons. The van der Waals surface area contributed by atoms with E-state index in [4.69, 9.17) is 4.74 Å². The van der Waals surface area contributed by atoms with Crippen molar-refractivity contribution in [3.63, 3.8) is 0 Å². The summed E-state index contributed by atoms with van der Waals surface area (Å²) in [6.45, 7) is 3.11. The molecule has 1 saturated heterocycles. The molecule has 1 N–H and O–H groups in total. The molecule has 0 saturated carbocycles. The Kier molecular flexibility index (Phi) is 5.58. The molecule has 4 aromatic rings. The highest BCUT2D eigenvalue weighted by Crippen LogP contribution is 2.39. The Labute approximate surface area is 194 Å². The van der Waals surface area contributed by atoms with Crippen molar-refractivity contribution < 1.29 is 14.3 Å². The Bertz CT molecular complexity index is 1320. The number of carbonyl (C=O) groups is 2. The van der Waals surface area contributed by atoms with E-state index in [1.807, 2.05) is 23.1 Å². The van der Waals surface area contributed by atoms with Gasteiger partial charge in [-0.3, -0.25) is 9.59 Å². The fraction of sp³-hybridized carbons (Fsp3) is 0.250. The van der Waals surface area contributed by atoms with Gasteiger partial charge in [0, 0.05) is 46.5 Å². The van der Waals surface area contributed by atoms with Gasteiger partial charge in [0.15, 0.2) is 0 Å². The van der Waals surface area contributed by atoms with Crippen molar-refractivity contribution in [1.29, 1.82) is 0 Å². The lowest BCUT2D eigenvalue weighted by molar-refractivity contribution is 0.0664. The number of thiophene rings is 2. The highest BCUT2D eigenvalue weighted by Gasteiger charge is 2.22. The number of methoxy groups -OCH3 is 1. The molecule has 2 aromatic heterocycles. The van der Waals surface area contributed by atoms with E-state index in [0.717, 1.165) is 22.5 Å². The highest BCUT2D eigenvalue weighted by molar-refractivity contribution is 7.33. The van der Waals surface area contributed by atoms with Gasteiger partial charge in [-0.25, -0.2) is 0 Å². The number of nitrogens with one attached hydrogen (secondary N) is 1. The van der Waals surface area contributed by atoms with Crippen LogP contribution in [-0.2, 0) is 0 Å². The number of nitrogens with zero attached hydrogens (tertiary/aromatic N) is 2. The SMILES string of the molecule is COc1ccc(C(=O)N2CCN(C)CC2)cc1NC(=O)c1cc2sc3ccccc3c2s1. The minimum absolute atomic E-state index is 0.0284. The van der Waals surface area contributed by atoms with Crippen LogP contribution >= 0.6 is 22.7 Å². The zero-order valence-electron chi connectivity index (χ0n) is 17.9. The van der Waals surface area contributed by atoms with E-state index in [0.29, 0.717) is 35.0 Å². The van der Waals surface area contributed by atoms with Crippen molar-refractivity contribution in [3.05, 3.63) is 59.0 Å². The average molecular weight is 466 g/mol. The van der Waals surface area contributed by atoms with Crippen LogP contribution in [0.1, 0.15) is 20.0 Å². The second-order valence-electron chi connectivity index (χ2n) is 7.87. The van der Waals surface area contributed by atoms with Crippen LogP contribution in [0, 0.1) is 0 Å². The molecule has 2 amide bonds. The Morgan fingerprint density at radius 2 is 1.75 bits per heavy atom. The zero-order chi connectivity index (χ0) is 22.2. The standard InChI is InChI=1S/C24H23N3O3S2/c1-26-9-11-27(12-10-26)24(29)15-7-8-18(30-2)17(13-15)25-23(28)21-14-20-22(32-21)16-5-3-4-6-19(16)31-20/h3-8,13-14H,9-12H2,1-2H3,(H,25,28). The van der Waals surface area contributed by atoms with E-state index in [9.17, 15) is 9.59 Å². The lowest BCUT2D eigenvalue weighted by Crippen LogP contribution is -2.47. The number of ether oxygens (including phenoxy) is 1. The third-order valence-electron chi connectivity index (χ3n) is 5.76. The summed E-state index contributed by atoms with van der Waals surface area (Å²) in [5.41, 5.74) is 1.04. The largest absolute Gasteiger partial charge is 0.495 e. The summed E-state index contributed by atoms with van der Waals surface area (Å²) in [5, 5.41) is 4.13. The molecule has 0 spiro atoms. The van der Waals surface area contributed by atoms with E-state index in [1.165, 1.54) is 21.4 Å². The van der Waals surface area contributed by atoms with Crippen molar-refractivity contribution in [2.75, 3.05) is 45.7 Å². The number of benzene rings is 2. The van der Waals surface area contributed by atoms with E-state index < -0.39 is 0 Å². The first-order chi connectivity index (χ1) is 15.5. The van der Waals surface area contributed by atoms with Crippen molar-refractivity contribution in [2.45, 2.75) is 0 Å². The molecule has 2 aromatic carbocycles. The van der Waals surface area contributed by atoms with E-state index >= 15 is 0 Å². The molecular weight excluding hydrogens is 442 g/mol. The molecule has 1 aliphatic heterocycles. The van der Waals surface area contributed by atoms with Gasteiger partial charge in [-0.15, -0.1) is 22.7 Å². The highest BCUT2D eigenvalue weighted by atomic mass is 32.1. The van der Waals surface area contributed by atoms with Gasteiger partial charge in [0.05, 0.1) is 22.4 Å². The number of carbonyl (C=O) groups excluding carboxylic acids is 2. The Hall–Kier alpha value is -2.94. The van der Waals surface area contributed by atoms with Gasteiger partial charge in [0.25, 0.3) is 11.8 Å². The van der Waals surface area contributed by atoms with Gasteiger partial charge < -0.3 is 19.9 Å². The maximum absolute atomic E-state index is 13.1. The molecule has 0 atom stereocenters. The summed E-state index contributed by atoms with van der Waals surface area (Å²) < 4.78 is 8.89. The van der Waals surface area contributed by atoms with Crippen LogP contribution in [0.25, 0.3) is 19.5 Å². The van der Waals surface area contributed by atoms with E-state index in [-0.39, 0.29) is 11.8 Å². The molecule has 5 rings (SSSR count). The molecule has 0 unspecified atom stereocenters. The van der Waals surface area contributed by atoms with Crippen molar-refractivity contribution in [1.82, 2.24) is 9.80 Å². The third kappa shape index (κ3) is 3.85. The number of piperazine rings is 1. The molecular formula is C24H23N3O3S2. The smallest absolute Gasteiger partial charge is 0.265 e. The predicted molar refractivity (Wildman–Crippen MR) is 132 cm³/mol. The van der Waals surface area contributed by atoms with Gasteiger partial charge in [-0.1, -0.05) is 18.2 Å². The minimum Gasteiger partial charge on any atom is -0.495 e. The molecule has 0 aliphatic carbocycles. The number of fused-ring (bicyclic) bond motifs is 3. The third-order valence-corrected chi connectivity index (χ3v) is 8.17. The van der Waals surface area contributed by atoms with Gasteiger partial charge in [-0.2, -0.15) is 0 Å². The van der Waals surface area contributed by atoms with Gasteiger partial charge in [0.2, 0.25) is 0 Å². The molecule has 1 aliphatic rings.